The van der Waals surface area contributed by atoms with Crippen LogP contribution in [0.4, 0.5) is 0 Å². The van der Waals surface area contributed by atoms with Gasteiger partial charge in [-0.15, -0.1) is 10.2 Å². The van der Waals surface area contributed by atoms with Crippen LogP contribution in [0.15, 0.2) is 34.7 Å². The van der Waals surface area contributed by atoms with Gasteiger partial charge in [0.25, 0.3) is 5.89 Å². The molecule has 0 unspecified atom stereocenters. The van der Waals surface area contributed by atoms with Crippen LogP contribution in [0.2, 0.25) is 0 Å². The third kappa shape index (κ3) is 1.54. The van der Waals surface area contributed by atoms with Crippen molar-refractivity contribution >= 4 is 5.78 Å². The number of benzene rings is 1. The molecule has 1 aromatic heterocycles. The molecule has 70 valence electrons. The molecule has 0 atom stereocenters. The van der Waals surface area contributed by atoms with Gasteiger partial charge < -0.3 is 4.42 Å². The molecule has 0 bridgehead atoms. The van der Waals surface area contributed by atoms with E-state index in [1.807, 2.05) is 6.07 Å². The molecule has 2 aromatic rings. The fraction of sp³-hybridized carbons (Fsp3) is 0.100. The number of nitrogens with zero attached hydrogens (tertiary/aromatic N) is 2. The van der Waals surface area contributed by atoms with Gasteiger partial charge in [0.1, 0.15) is 0 Å². The Morgan fingerprint density at radius 2 is 1.93 bits per heavy atom. The van der Waals surface area contributed by atoms with E-state index < -0.39 is 0 Å². The highest BCUT2D eigenvalue weighted by Crippen LogP contribution is 2.07. The highest BCUT2D eigenvalue weighted by Gasteiger charge is 2.14. The second-order valence-electron chi connectivity index (χ2n) is 2.82. The first-order valence-electron chi connectivity index (χ1n) is 4.17. The van der Waals surface area contributed by atoms with Crippen LogP contribution in [0.3, 0.4) is 0 Å². The molecule has 0 fully saturated rings. The minimum absolute atomic E-state index is 0.0358. The number of aromatic nitrogens is 2. The van der Waals surface area contributed by atoms with Gasteiger partial charge in [0.2, 0.25) is 11.7 Å². The summed E-state index contributed by atoms with van der Waals surface area (Å²) in [6.45, 7) is 1.65. The Hall–Kier alpha value is -1.97. The van der Waals surface area contributed by atoms with Crippen LogP contribution in [-0.2, 0) is 0 Å². The average Bonchev–Trinajstić information content (AvgIpc) is 2.65. The van der Waals surface area contributed by atoms with Crippen LogP contribution in [0.5, 0.6) is 0 Å². The van der Waals surface area contributed by atoms with Crippen LogP contribution < -0.4 is 0 Å². The van der Waals surface area contributed by atoms with E-state index in [0.717, 1.165) is 0 Å². The molecule has 0 spiro atoms. The van der Waals surface area contributed by atoms with E-state index in [2.05, 4.69) is 10.2 Å². The minimum Gasteiger partial charge on any atom is -0.418 e. The molecule has 0 radical (unpaired) electrons. The lowest BCUT2D eigenvalue weighted by molar-refractivity contribution is 0.100. The Balaban J connectivity index is 2.34. The van der Waals surface area contributed by atoms with Crippen molar-refractivity contribution in [3.05, 3.63) is 47.7 Å². The number of rotatable bonds is 2. The first kappa shape index (κ1) is 8.62. The molecule has 14 heavy (non-hydrogen) atoms. The van der Waals surface area contributed by atoms with Gasteiger partial charge in [-0.1, -0.05) is 30.3 Å². The van der Waals surface area contributed by atoms with Crippen molar-refractivity contribution in [2.45, 2.75) is 6.92 Å². The summed E-state index contributed by atoms with van der Waals surface area (Å²) in [5.41, 5.74) is 0.552. The summed E-state index contributed by atoms with van der Waals surface area (Å²) in [7, 11) is 0. The zero-order valence-corrected chi connectivity index (χ0v) is 7.60. The van der Waals surface area contributed by atoms with E-state index in [1.54, 1.807) is 31.2 Å². The number of hydrogen-bond acceptors (Lipinski definition) is 4. The number of carbonyl (C=O) groups excluding carboxylic acids is 1. The maximum atomic E-state index is 11.7. The lowest BCUT2D eigenvalue weighted by Gasteiger charge is -1.93. The molecule has 2 rings (SSSR count). The monoisotopic (exact) mass is 188 g/mol. The van der Waals surface area contributed by atoms with E-state index in [1.165, 1.54) is 0 Å². The van der Waals surface area contributed by atoms with E-state index in [-0.39, 0.29) is 11.7 Å². The Kier molecular flexibility index (Phi) is 2.10. The summed E-state index contributed by atoms with van der Waals surface area (Å²) < 4.78 is 5.03. The first-order chi connectivity index (χ1) is 6.77. The zero-order chi connectivity index (χ0) is 9.97. The number of carbonyl (C=O) groups is 1. The van der Waals surface area contributed by atoms with Crippen molar-refractivity contribution in [2.24, 2.45) is 0 Å². The van der Waals surface area contributed by atoms with Gasteiger partial charge >= 0.3 is 0 Å². The van der Waals surface area contributed by atoms with Crippen molar-refractivity contribution in [3.8, 4) is 0 Å². The molecule has 0 amide bonds. The predicted octanol–water partition coefficient (Wildman–Crippen LogP) is 1.61. The molecular weight excluding hydrogens is 180 g/mol. The number of aryl methyl sites for hydroxylation is 1. The SMILES string of the molecule is Cc1nnc(C(=O)c2ccccc2)o1. The third-order valence-electron chi connectivity index (χ3n) is 1.76. The number of ketones is 1. The van der Waals surface area contributed by atoms with Crippen LogP contribution in [0.1, 0.15) is 22.1 Å². The summed E-state index contributed by atoms with van der Waals surface area (Å²) in [5, 5.41) is 7.25. The molecule has 0 N–H and O–H groups in total. The molecule has 0 aliphatic heterocycles. The Labute approximate surface area is 80.6 Å². The molecule has 4 heteroatoms. The van der Waals surface area contributed by atoms with Crippen LogP contribution >= 0.6 is 0 Å². The van der Waals surface area contributed by atoms with E-state index >= 15 is 0 Å². The Morgan fingerprint density at radius 1 is 1.21 bits per heavy atom. The largest absolute Gasteiger partial charge is 0.418 e. The van der Waals surface area contributed by atoms with Gasteiger partial charge in [0, 0.05) is 12.5 Å². The quantitative estimate of drug-likeness (QED) is 0.672. The molecule has 1 heterocycles. The second kappa shape index (κ2) is 3.41. The smallest absolute Gasteiger partial charge is 0.289 e. The molecule has 0 aliphatic carbocycles. The fourth-order valence-corrected chi connectivity index (χ4v) is 1.10. The lowest BCUT2D eigenvalue weighted by atomic mass is 10.1. The lowest BCUT2D eigenvalue weighted by Crippen LogP contribution is -2.00. The Bertz CT molecular complexity index is 448. The van der Waals surface area contributed by atoms with Gasteiger partial charge in [0.05, 0.1) is 0 Å². The third-order valence-corrected chi connectivity index (χ3v) is 1.76. The molecule has 4 nitrogen and oxygen atoms in total. The van der Waals surface area contributed by atoms with E-state index in [9.17, 15) is 4.79 Å². The molecule has 0 saturated heterocycles. The first-order valence-corrected chi connectivity index (χ1v) is 4.17. The fourth-order valence-electron chi connectivity index (χ4n) is 1.10. The highest BCUT2D eigenvalue weighted by molar-refractivity contribution is 6.05. The summed E-state index contributed by atoms with van der Waals surface area (Å²) in [6.07, 6.45) is 0. The summed E-state index contributed by atoms with van der Waals surface area (Å²) in [6, 6.07) is 8.84. The maximum Gasteiger partial charge on any atom is 0.289 e. The normalized spacial score (nSPS) is 10.1. The predicted molar refractivity (Wildman–Crippen MR) is 48.9 cm³/mol. The van der Waals surface area contributed by atoms with Gasteiger partial charge in [0.15, 0.2) is 0 Å². The van der Waals surface area contributed by atoms with Crippen molar-refractivity contribution in [3.63, 3.8) is 0 Å². The second-order valence-corrected chi connectivity index (χ2v) is 2.82. The number of hydrogen-bond donors (Lipinski definition) is 0. The maximum absolute atomic E-state index is 11.7. The van der Waals surface area contributed by atoms with Crippen molar-refractivity contribution in [1.29, 1.82) is 0 Å². The molecular formula is C10H8N2O2. The molecule has 1 aromatic carbocycles. The summed E-state index contributed by atoms with van der Waals surface area (Å²) in [4.78, 5) is 11.7. The minimum atomic E-state index is -0.244. The summed E-state index contributed by atoms with van der Waals surface area (Å²) >= 11 is 0. The average molecular weight is 188 g/mol. The van der Waals surface area contributed by atoms with Gasteiger partial charge in [-0.05, 0) is 0 Å². The van der Waals surface area contributed by atoms with Crippen LogP contribution in [0, 0.1) is 6.92 Å². The van der Waals surface area contributed by atoms with Gasteiger partial charge in [-0.2, -0.15) is 0 Å². The van der Waals surface area contributed by atoms with E-state index in [4.69, 9.17) is 4.42 Å². The van der Waals surface area contributed by atoms with Crippen LogP contribution in [0.25, 0.3) is 0 Å². The van der Waals surface area contributed by atoms with Crippen LogP contribution in [-0.4, -0.2) is 16.0 Å². The zero-order valence-electron chi connectivity index (χ0n) is 7.60. The standard InChI is InChI=1S/C10H8N2O2/c1-7-11-12-10(14-7)9(13)8-5-3-2-4-6-8/h2-6H,1H3. The van der Waals surface area contributed by atoms with E-state index in [0.29, 0.717) is 11.5 Å². The highest BCUT2D eigenvalue weighted by atomic mass is 16.4. The van der Waals surface area contributed by atoms with Crippen molar-refractivity contribution in [2.75, 3.05) is 0 Å². The van der Waals surface area contributed by atoms with Crippen molar-refractivity contribution < 1.29 is 9.21 Å². The van der Waals surface area contributed by atoms with Gasteiger partial charge in [-0.25, -0.2) is 0 Å². The summed E-state index contributed by atoms with van der Waals surface area (Å²) in [5.74, 6) is 0.184. The van der Waals surface area contributed by atoms with Crippen molar-refractivity contribution in [1.82, 2.24) is 10.2 Å². The topological polar surface area (TPSA) is 56.0 Å². The molecule has 0 aliphatic rings. The van der Waals surface area contributed by atoms with Gasteiger partial charge in [-0.3, -0.25) is 4.79 Å². The Morgan fingerprint density at radius 3 is 2.50 bits per heavy atom. The molecule has 0 saturated carbocycles.